The summed E-state index contributed by atoms with van der Waals surface area (Å²) in [6.07, 6.45) is 2.35. The minimum Gasteiger partial charge on any atom is -0.496 e. The number of carbonyl (C=O) groups is 1. The van der Waals surface area contributed by atoms with Crippen molar-refractivity contribution in [1.29, 1.82) is 5.26 Å². The summed E-state index contributed by atoms with van der Waals surface area (Å²) in [6.45, 7) is 2.04. The SMILES string of the molecule is CCc1ccc(C=C(C#N)C(=O)OC)c(OC)c1. The second-order valence-electron chi connectivity index (χ2n) is 3.59. The molecule has 0 saturated carbocycles. The second-order valence-corrected chi connectivity index (χ2v) is 3.59. The van der Waals surface area contributed by atoms with Gasteiger partial charge in [0, 0.05) is 5.56 Å². The number of benzene rings is 1. The van der Waals surface area contributed by atoms with Crippen LogP contribution in [-0.2, 0) is 16.0 Å². The molecule has 0 spiro atoms. The zero-order valence-electron chi connectivity index (χ0n) is 10.7. The molecule has 0 aliphatic rings. The lowest BCUT2D eigenvalue weighted by Gasteiger charge is -2.07. The molecule has 94 valence electrons. The third kappa shape index (κ3) is 3.11. The van der Waals surface area contributed by atoms with Gasteiger partial charge >= 0.3 is 5.97 Å². The van der Waals surface area contributed by atoms with Crippen LogP contribution in [-0.4, -0.2) is 20.2 Å². The van der Waals surface area contributed by atoms with Crippen LogP contribution >= 0.6 is 0 Å². The number of rotatable bonds is 4. The van der Waals surface area contributed by atoms with Gasteiger partial charge in [0.1, 0.15) is 17.4 Å². The van der Waals surface area contributed by atoms with Gasteiger partial charge in [-0.15, -0.1) is 0 Å². The molecule has 0 aliphatic carbocycles. The Morgan fingerprint density at radius 1 is 1.44 bits per heavy atom. The Hall–Kier alpha value is -2.28. The fraction of sp³-hybridized carbons (Fsp3) is 0.286. The van der Waals surface area contributed by atoms with Gasteiger partial charge in [0.05, 0.1) is 14.2 Å². The predicted molar refractivity (Wildman–Crippen MR) is 68.0 cm³/mol. The molecular weight excluding hydrogens is 230 g/mol. The van der Waals surface area contributed by atoms with Crippen LogP contribution in [0.1, 0.15) is 18.1 Å². The monoisotopic (exact) mass is 245 g/mol. The van der Waals surface area contributed by atoms with Gasteiger partial charge in [-0.1, -0.05) is 19.1 Å². The van der Waals surface area contributed by atoms with Crippen LogP contribution in [0.25, 0.3) is 6.08 Å². The summed E-state index contributed by atoms with van der Waals surface area (Å²) < 4.78 is 9.76. The van der Waals surface area contributed by atoms with Crippen molar-refractivity contribution in [2.45, 2.75) is 13.3 Å². The number of nitrogens with zero attached hydrogens (tertiary/aromatic N) is 1. The van der Waals surface area contributed by atoms with Gasteiger partial charge in [-0.2, -0.15) is 5.26 Å². The van der Waals surface area contributed by atoms with Crippen LogP contribution in [0.5, 0.6) is 5.75 Å². The first-order valence-corrected chi connectivity index (χ1v) is 5.53. The minimum absolute atomic E-state index is 0.0555. The molecule has 1 rings (SSSR count). The largest absolute Gasteiger partial charge is 0.496 e. The summed E-state index contributed by atoms with van der Waals surface area (Å²) in [7, 11) is 2.79. The van der Waals surface area contributed by atoms with E-state index in [9.17, 15) is 4.79 Å². The lowest BCUT2D eigenvalue weighted by atomic mass is 10.1. The lowest BCUT2D eigenvalue weighted by molar-refractivity contribution is -0.135. The molecule has 0 fully saturated rings. The second kappa shape index (κ2) is 6.45. The maximum absolute atomic E-state index is 11.3. The van der Waals surface area contributed by atoms with Gasteiger partial charge < -0.3 is 9.47 Å². The summed E-state index contributed by atoms with van der Waals surface area (Å²) in [6, 6.07) is 7.45. The van der Waals surface area contributed by atoms with E-state index in [0.717, 1.165) is 12.0 Å². The quantitative estimate of drug-likeness (QED) is 0.464. The summed E-state index contributed by atoms with van der Waals surface area (Å²) in [5.74, 6) is -0.0230. The molecule has 0 heterocycles. The Kier molecular flexibility index (Phi) is 4.94. The maximum atomic E-state index is 11.3. The molecule has 0 saturated heterocycles. The average Bonchev–Trinajstić information content (AvgIpc) is 2.43. The van der Waals surface area contributed by atoms with Crippen molar-refractivity contribution in [1.82, 2.24) is 0 Å². The molecule has 0 N–H and O–H groups in total. The first-order chi connectivity index (χ1) is 8.65. The molecule has 0 aliphatic heterocycles. The summed E-state index contributed by atoms with van der Waals surface area (Å²) in [4.78, 5) is 11.3. The first kappa shape index (κ1) is 13.8. The van der Waals surface area contributed by atoms with Crippen LogP contribution in [0.15, 0.2) is 23.8 Å². The fourth-order valence-corrected chi connectivity index (χ4v) is 1.50. The summed E-state index contributed by atoms with van der Waals surface area (Å²) in [5, 5.41) is 8.89. The first-order valence-electron chi connectivity index (χ1n) is 5.53. The molecule has 4 heteroatoms. The Labute approximate surface area is 106 Å². The fourth-order valence-electron chi connectivity index (χ4n) is 1.50. The van der Waals surface area contributed by atoms with Crippen molar-refractivity contribution in [3.05, 3.63) is 34.9 Å². The van der Waals surface area contributed by atoms with E-state index >= 15 is 0 Å². The van der Waals surface area contributed by atoms with Crippen molar-refractivity contribution in [2.24, 2.45) is 0 Å². The van der Waals surface area contributed by atoms with Crippen molar-refractivity contribution in [2.75, 3.05) is 14.2 Å². The molecule has 0 radical (unpaired) electrons. The van der Waals surface area contributed by atoms with E-state index in [0.29, 0.717) is 11.3 Å². The number of hydrogen-bond donors (Lipinski definition) is 0. The van der Waals surface area contributed by atoms with Gasteiger partial charge in [0.25, 0.3) is 0 Å². The highest BCUT2D eigenvalue weighted by atomic mass is 16.5. The van der Waals surface area contributed by atoms with Crippen LogP contribution in [0.2, 0.25) is 0 Å². The summed E-state index contributed by atoms with van der Waals surface area (Å²) in [5.41, 5.74) is 1.75. The Bertz CT molecular complexity index is 512. The number of hydrogen-bond acceptors (Lipinski definition) is 4. The number of carbonyl (C=O) groups excluding carboxylic acids is 1. The van der Waals surface area contributed by atoms with Crippen molar-refractivity contribution >= 4 is 12.0 Å². The average molecular weight is 245 g/mol. The van der Waals surface area contributed by atoms with Gasteiger partial charge in [-0.25, -0.2) is 4.79 Å². The highest BCUT2D eigenvalue weighted by Crippen LogP contribution is 2.23. The summed E-state index contributed by atoms with van der Waals surface area (Å²) >= 11 is 0. The van der Waals surface area contributed by atoms with Gasteiger partial charge in [0.15, 0.2) is 0 Å². The molecule has 1 aromatic rings. The Morgan fingerprint density at radius 2 is 2.17 bits per heavy atom. The van der Waals surface area contributed by atoms with E-state index in [4.69, 9.17) is 10.00 Å². The van der Waals surface area contributed by atoms with E-state index in [1.54, 1.807) is 7.11 Å². The number of esters is 1. The molecular formula is C14H15NO3. The number of nitriles is 1. The van der Waals surface area contributed by atoms with E-state index in [1.165, 1.54) is 13.2 Å². The van der Waals surface area contributed by atoms with Crippen molar-refractivity contribution in [3.63, 3.8) is 0 Å². The molecule has 1 aromatic carbocycles. The van der Waals surface area contributed by atoms with Gasteiger partial charge in [0.2, 0.25) is 0 Å². The maximum Gasteiger partial charge on any atom is 0.348 e. The van der Waals surface area contributed by atoms with Crippen LogP contribution < -0.4 is 4.74 Å². The van der Waals surface area contributed by atoms with Crippen LogP contribution in [0.3, 0.4) is 0 Å². The minimum atomic E-state index is -0.654. The Balaban J connectivity index is 3.21. The van der Waals surface area contributed by atoms with Crippen LogP contribution in [0.4, 0.5) is 0 Å². The normalized spacial score (nSPS) is 10.7. The molecule has 4 nitrogen and oxygen atoms in total. The third-order valence-electron chi connectivity index (χ3n) is 2.53. The Morgan fingerprint density at radius 3 is 2.67 bits per heavy atom. The number of aryl methyl sites for hydroxylation is 1. The smallest absolute Gasteiger partial charge is 0.348 e. The third-order valence-corrected chi connectivity index (χ3v) is 2.53. The molecule has 0 atom stereocenters. The van der Waals surface area contributed by atoms with Gasteiger partial charge in [-0.05, 0) is 24.1 Å². The molecule has 0 aromatic heterocycles. The van der Waals surface area contributed by atoms with Crippen LogP contribution in [0, 0.1) is 11.3 Å². The lowest BCUT2D eigenvalue weighted by Crippen LogP contribution is -2.03. The molecule has 0 bridgehead atoms. The van der Waals surface area contributed by atoms with E-state index in [1.807, 2.05) is 31.2 Å². The highest BCUT2D eigenvalue weighted by Gasteiger charge is 2.10. The molecule has 0 unspecified atom stereocenters. The molecule has 0 amide bonds. The number of methoxy groups -OCH3 is 2. The van der Waals surface area contributed by atoms with E-state index in [-0.39, 0.29) is 5.57 Å². The topological polar surface area (TPSA) is 59.3 Å². The number of ether oxygens (including phenoxy) is 2. The highest BCUT2D eigenvalue weighted by molar-refractivity contribution is 5.98. The standard InChI is InChI=1S/C14H15NO3/c1-4-10-5-6-11(13(7-10)17-2)8-12(9-15)14(16)18-3/h5-8H,4H2,1-3H3. The van der Waals surface area contributed by atoms with Crippen molar-refractivity contribution < 1.29 is 14.3 Å². The van der Waals surface area contributed by atoms with E-state index in [2.05, 4.69) is 4.74 Å². The zero-order chi connectivity index (χ0) is 13.5. The van der Waals surface area contributed by atoms with E-state index < -0.39 is 5.97 Å². The molecule has 18 heavy (non-hydrogen) atoms. The predicted octanol–water partition coefficient (Wildman–Crippen LogP) is 2.34. The van der Waals surface area contributed by atoms with Gasteiger partial charge in [-0.3, -0.25) is 0 Å². The van der Waals surface area contributed by atoms with Crippen molar-refractivity contribution in [3.8, 4) is 11.8 Å². The zero-order valence-corrected chi connectivity index (χ0v) is 10.7.